The number of hydrogen-bond donors (Lipinski definition) is 1. The number of nitrogens with zero attached hydrogens (tertiary/aromatic N) is 6. The molecule has 0 aliphatic rings. The molecule has 3 aromatic rings. The standard InChI is InChI=1S/C17H14F3N7O/c1-2-27(10-21)9-13-25-26-16(28-13)14-15(23-8-7-22-14)24-12-5-3-11(4-6-12)17(18,19)20/h3-8H,2,9H2,1H3,(H,23,24). The Hall–Kier alpha value is -3.68. The number of rotatable bonds is 6. The van der Waals surface area contributed by atoms with E-state index in [2.05, 4.69) is 25.5 Å². The van der Waals surface area contributed by atoms with Crippen molar-refractivity contribution in [3.05, 3.63) is 48.1 Å². The van der Waals surface area contributed by atoms with Crippen LogP contribution in [-0.4, -0.2) is 31.6 Å². The minimum absolute atomic E-state index is 0.0755. The topological polar surface area (TPSA) is 104 Å². The maximum Gasteiger partial charge on any atom is 0.416 e. The zero-order valence-corrected chi connectivity index (χ0v) is 14.6. The fraction of sp³-hybridized carbons (Fsp3) is 0.235. The summed E-state index contributed by atoms with van der Waals surface area (Å²) in [5.74, 6) is 0.543. The lowest BCUT2D eigenvalue weighted by Gasteiger charge is -2.10. The molecule has 3 rings (SSSR count). The Balaban J connectivity index is 1.82. The van der Waals surface area contributed by atoms with Gasteiger partial charge in [0.25, 0.3) is 5.89 Å². The zero-order chi connectivity index (χ0) is 20.1. The van der Waals surface area contributed by atoms with Crippen LogP contribution in [0.1, 0.15) is 18.4 Å². The van der Waals surface area contributed by atoms with Crippen LogP contribution in [0.25, 0.3) is 11.6 Å². The molecule has 0 bridgehead atoms. The molecule has 0 atom stereocenters. The van der Waals surface area contributed by atoms with Crippen molar-refractivity contribution in [2.45, 2.75) is 19.6 Å². The summed E-state index contributed by atoms with van der Waals surface area (Å²) in [7, 11) is 0. The third-order valence-corrected chi connectivity index (χ3v) is 3.69. The van der Waals surface area contributed by atoms with Crippen molar-refractivity contribution in [1.29, 1.82) is 5.26 Å². The van der Waals surface area contributed by atoms with E-state index in [1.54, 1.807) is 0 Å². The second-order valence-corrected chi connectivity index (χ2v) is 5.57. The molecule has 144 valence electrons. The van der Waals surface area contributed by atoms with Crippen LogP contribution in [0, 0.1) is 11.5 Å². The quantitative estimate of drug-likeness (QED) is 0.504. The molecule has 11 heteroatoms. The number of halogens is 3. The third-order valence-electron chi connectivity index (χ3n) is 3.69. The SMILES string of the molecule is CCN(C#N)Cc1nnc(-c2nccnc2Nc2ccc(C(F)(F)F)cc2)o1. The van der Waals surface area contributed by atoms with Gasteiger partial charge in [0.05, 0.1) is 5.56 Å². The van der Waals surface area contributed by atoms with Crippen molar-refractivity contribution in [2.75, 3.05) is 11.9 Å². The first-order chi connectivity index (χ1) is 13.4. The van der Waals surface area contributed by atoms with Crippen LogP contribution in [0.4, 0.5) is 24.7 Å². The predicted molar refractivity (Wildman–Crippen MR) is 91.7 cm³/mol. The van der Waals surface area contributed by atoms with Gasteiger partial charge in [-0.3, -0.25) is 0 Å². The zero-order valence-electron chi connectivity index (χ0n) is 14.6. The Labute approximate surface area is 157 Å². The highest BCUT2D eigenvalue weighted by molar-refractivity contribution is 5.70. The maximum atomic E-state index is 12.7. The van der Waals surface area contributed by atoms with Gasteiger partial charge in [-0.05, 0) is 31.2 Å². The summed E-state index contributed by atoms with van der Waals surface area (Å²) in [6.07, 6.45) is 0.423. The molecular formula is C17H14F3N7O. The van der Waals surface area contributed by atoms with E-state index in [1.807, 2.05) is 13.1 Å². The second kappa shape index (κ2) is 7.91. The predicted octanol–water partition coefficient (Wildman–Crippen LogP) is 3.59. The number of alkyl halides is 3. The molecule has 8 nitrogen and oxygen atoms in total. The molecule has 0 unspecified atom stereocenters. The van der Waals surface area contributed by atoms with Crippen molar-refractivity contribution < 1.29 is 17.6 Å². The van der Waals surface area contributed by atoms with Gasteiger partial charge in [-0.15, -0.1) is 10.2 Å². The van der Waals surface area contributed by atoms with E-state index in [4.69, 9.17) is 9.68 Å². The van der Waals surface area contributed by atoms with Crippen LogP contribution in [0.3, 0.4) is 0 Å². The first-order valence-corrected chi connectivity index (χ1v) is 8.13. The monoisotopic (exact) mass is 389 g/mol. The Bertz CT molecular complexity index is 979. The average molecular weight is 389 g/mol. The summed E-state index contributed by atoms with van der Waals surface area (Å²) in [6.45, 7) is 2.46. The summed E-state index contributed by atoms with van der Waals surface area (Å²) in [6, 6.07) is 4.49. The summed E-state index contributed by atoms with van der Waals surface area (Å²) in [5, 5.41) is 19.7. The van der Waals surface area contributed by atoms with Crippen LogP contribution in [0.5, 0.6) is 0 Å². The number of anilines is 2. The van der Waals surface area contributed by atoms with E-state index < -0.39 is 11.7 Å². The van der Waals surface area contributed by atoms with Crippen molar-refractivity contribution in [3.8, 4) is 17.8 Å². The highest BCUT2D eigenvalue weighted by atomic mass is 19.4. The van der Waals surface area contributed by atoms with Crippen LogP contribution < -0.4 is 5.32 Å². The third kappa shape index (κ3) is 4.35. The molecule has 1 N–H and O–H groups in total. The molecule has 0 radical (unpaired) electrons. The highest BCUT2D eigenvalue weighted by Gasteiger charge is 2.30. The Kier molecular flexibility index (Phi) is 5.39. The minimum Gasteiger partial charge on any atom is -0.417 e. The molecule has 0 fully saturated rings. The number of aromatic nitrogens is 4. The molecule has 0 saturated carbocycles. The molecule has 28 heavy (non-hydrogen) atoms. The number of nitrogens with one attached hydrogen (secondary N) is 1. The number of benzene rings is 1. The average Bonchev–Trinajstić information content (AvgIpc) is 3.14. The van der Waals surface area contributed by atoms with Crippen LogP contribution in [0.2, 0.25) is 0 Å². The van der Waals surface area contributed by atoms with Gasteiger partial charge in [-0.1, -0.05) is 0 Å². The van der Waals surface area contributed by atoms with Gasteiger partial charge < -0.3 is 14.6 Å². The number of hydrogen-bond acceptors (Lipinski definition) is 8. The van der Waals surface area contributed by atoms with Crippen LogP contribution >= 0.6 is 0 Å². The van der Waals surface area contributed by atoms with Crippen LogP contribution in [0.15, 0.2) is 41.1 Å². The van der Waals surface area contributed by atoms with E-state index in [-0.39, 0.29) is 29.8 Å². The van der Waals surface area contributed by atoms with Gasteiger partial charge in [0.15, 0.2) is 17.7 Å². The maximum absolute atomic E-state index is 12.7. The number of nitriles is 1. The van der Waals surface area contributed by atoms with E-state index in [1.165, 1.54) is 29.4 Å². The summed E-state index contributed by atoms with van der Waals surface area (Å²) < 4.78 is 43.6. The van der Waals surface area contributed by atoms with Gasteiger partial charge in [-0.2, -0.15) is 18.4 Å². The van der Waals surface area contributed by atoms with Crippen molar-refractivity contribution in [2.24, 2.45) is 0 Å². The highest BCUT2D eigenvalue weighted by Crippen LogP contribution is 2.31. The van der Waals surface area contributed by atoms with Crippen molar-refractivity contribution in [1.82, 2.24) is 25.1 Å². The molecule has 1 aromatic carbocycles. The van der Waals surface area contributed by atoms with Crippen molar-refractivity contribution >= 4 is 11.5 Å². The van der Waals surface area contributed by atoms with Crippen LogP contribution in [-0.2, 0) is 12.7 Å². The Morgan fingerprint density at radius 3 is 2.50 bits per heavy atom. The second-order valence-electron chi connectivity index (χ2n) is 5.57. The van der Waals surface area contributed by atoms with Gasteiger partial charge in [0, 0.05) is 24.6 Å². The molecule has 0 aliphatic heterocycles. The smallest absolute Gasteiger partial charge is 0.416 e. The van der Waals surface area contributed by atoms with Gasteiger partial charge in [0.1, 0.15) is 6.54 Å². The fourth-order valence-electron chi connectivity index (χ4n) is 2.26. The molecule has 0 amide bonds. The van der Waals surface area contributed by atoms with E-state index >= 15 is 0 Å². The summed E-state index contributed by atoms with van der Waals surface area (Å²) >= 11 is 0. The molecular weight excluding hydrogens is 375 g/mol. The lowest BCUT2D eigenvalue weighted by atomic mass is 10.2. The van der Waals surface area contributed by atoms with Crippen molar-refractivity contribution in [3.63, 3.8) is 0 Å². The Morgan fingerprint density at radius 1 is 1.14 bits per heavy atom. The summed E-state index contributed by atoms with van der Waals surface area (Å²) in [4.78, 5) is 9.72. The first-order valence-electron chi connectivity index (χ1n) is 8.13. The molecule has 0 spiro atoms. The molecule has 0 aliphatic carbocycles. The Morgan fingerprint density at radius 2 is 1.86 bits per heavy atom. The molecule has 2 aromatic heterocycles. The normalized spacial score (nSPS) is 11.1. The lowest BCUT2D eigenvalue weighted by Crippen LogP contribution is -2.16. The van der Waals surface area contributed by atoms with Gasteiger partial charge in [-0.25, -0.2) is 9.97 Å². The van der Waals surface area contributed by atoms with E-state index in [0.29, 0.717) is 12.2 Å². The lowest BCUT2D eigenvalue weighted by molar-refractivity contribution is -0.137. The minimum atomic E-state index is -4.41. The first kappa shape index (κ1) is 19.1. The molecule has 2 heterocycles. The molecule has 0 saturated heterocycles. The van der Waals surface area contributed by atoms with E-state index in [9.17, 15) is 13.2 Å². The van der Waals surface area contributed by atoms with Gasteiger partial charge >= 0.3 is 6.18 Å². The largest absolute Gasteiger partial charge is 0.417 e. The fourth-order valence-corrected chi connectivity index (χ4v) is 2.26. The van der Waals surface area contributed by atoms with Gasteiger partial charge in [0.2, 0.25) is 5.89 Å². The van der Waals surface area contributed by atoms with E-state index in [0.717, 1.165) is 12.1 Å². The summed E-state index contributed by atoms with van der Waals surface area (Å²) in [5.41, 5.74) is -0.130.